The average Bonchev–Trinajstić information content (AvgIpc) is 2.35. The number of halogens is 2. The lowest BCUT2D eigenvalue weighted by molar-refractivity contribution is 0.102. The molecule has 0 aliphatic heterocycles. The van der Waals surface area contributed by atoms with Crippen molar-refractivity contribution in [3.63, 3.8) is 0 Å². The van der Waals surface area contributed by atoms with Crippen LogP contribution in [0.15, 0.2) is 36.4 Å². The van der Waals surface area contributed by atoms with Crippen molar-refractivity contribution in [3.05, 3.63) is 59.2 Å². The van der Waals surface area contributed by atoms with Gasteiger partial charge in [0, 0.05) is 0 Å². The van der Waals surface area contributed by atoms with Crippen molar-refractivity contribution in [2.24, 2.45) is 0 Å². The standard InChI is InChI=1S/C14H11F2NO2/c1-8-2-4-12(11(16)6-8)17-14(19)10-7-9(15)3-5-13(10)18/h2-7,18H,1H3,(H,17,19). The van der Waals surface area contributed by atoms with Crippen molar-refractivity contribution in [1.29, 1.82) is 0 Å². The van der Waals surface area contributed by atoms with E-state index in [0.29, 0.717) is 5.56 Å². The van der Waals surface area contributed by atoms with Gasteiger partial charge in [-0.25, -0.2) is 8.78 Å². The summed E-state index contributed by atoms with van der Waals surface area (Å²) in [6, 6.07) is 7.27. The molecule has 0 aliphatic carbocycles. The molecule has 0 aliphatic rings. The molecule has 0 atom stereocenters. The Hall–Kier alpha value is -2.43. The lowest BCUT2D eigenvalue weighted by atomic mass is 10.1. The summed E-state index contributed by atoms with van der Waals surface area (Å²) in [5, 5.41) is 11.8. The quantitative estimate of drug-likeness (QED) is 0.873. The Bertz CT molecular complexity index is 641. The lowest BCUT2D eigenvalue weighted by Crippen LogP contribution is -2.13. The number of phenols is 1. The molecule has 2 rings (SSSR count). The van der Waals surface area contributed by atoms with E-state index in [1.165, 1.54) is 12.1 Å². The first-order valence-corrected chi connectivity index (χ1v) is 5.53. The topological polar surface area (TPSA) is 49.3 Å². The highest BCUT2D eigenvalue weighted by atomic mass is 19.1. The fourth-order valence-electron chi connectivity index (χ4n) is 1.60. The number of phenolic OH excluding ortho intramolecular Hbond substituents is 1. The molecule has 0 radical (unpaired) electrons. The molecule has 0 aromatic heterocycles. The second-order valence-electron chi connectivity index (χ2n) is 4.10. The number of hydrogen-bond acceptors (Lipinski definition) is 2. The second kappa shape index (κ2) is 5.06. The van der Waals surface area contributed by atoms with Gasteiger partial charge in [-0.1, -0.05) is 6.07 Å². The van der Waals surface area contributed by atoms with Gasteiger partial charge in [0.15, 0.2) is 0 Å². The normalized spacial score (nSPS) is 10.3. The van der Waals surface area contributed by atoms with Crippen molar-refractivity contribution in [1.82, 2.24) is 0 Å². The first-order chi connectivity index (χ1) is 8.97. The molecule has 0 spiro atoms. The molecular weight excluding hydrogens is 252 g/mol. The zero-order valence-corrected chi connectivity index (χ0v) is 10.1. The van der Waals surface area contributed by atoms with Gasteiger partial charge in [0.2, 0.25) is 0 Å². The average molecular weight is 263 g/mol. The lowest BCUT2D eigenvalue weighted by Gasteiger charge is -2.08. The smallest absolute Gasteiger partial charge is 0.259 e. The van der Waals surface area contributed by atoms with Crippen LogP contribution in [0, 0.1) is 18.6 Å². The van der Waals surface area contributed by atoms with E-state index in [1.807, 2.05) is 0 Å². The molecule has 5 heteroatoms. The molecule has 2 aromatic carbocycles. The summed E-state index contributed by atoms with van der Waals surface area (Å²) >= 11 is 0. The van der Waals surface area contributed by atoms with Gasteiger partial charge in [0.05, 0.1) is 11.3 Å². The third-order valence-corrected chi connectivity index (χ3v) is 2.58. The molecule has 3 nitrogen and oxygen atoms in total. The zero-order valence-electron chi connectivity index (χ0n) is 10.1. The van der Waals surface area contributed by atoms with E-state index < -0.39 is 17.5 Å². The molecular formula is C14H11F2NO2. The first-order valence-electron chi connectivity index (χ1n) is 5.53. The minimum absolute atomic E-state index is 0.0285. The highest BCUT2D eigenvalue weighted by molar-refractivity contribution is 6.06. The van der Waals surface area contributed by atoms with Crippen molar-refractivity contribution < 1.29 is 18.7 Å². The molecule has 98 valence electrons. The predicted molar refractivity (Wildman–Crippen MR) is 67.2 cm³/mol. The van der Waals surface area contributed by atoms with Crippen LogP contribution in [0.2, 0.25) is 0 Å². The van der Waals surface area contributed by atoms with Crippen LogP contribution in [-0.2, 0) is 0 Å². The van der Waals surface area contributed by atoms with E-state index in [1.54, 1.807) is 13.0 Å². The highest BCUT2D eigenvalue weighted by Crippen LogP contribution is 2.21. The molecule has 2 aromatic rings. The number of anilines is 1. The minimum Gasteiger partial charge on any atom is -0.507 e. The highest BCUT2D eigenvalue weighted by Gasteiger charge is 2.14. The molecule has 0 unspecified atom stereocenters. The van der Waals surface area contributed by atoms with Crippen LogP contribution < -0.4 is 5.32 Å². The fourth-order valence-corrected chi connectivity index (χ4v) is 1.60. The fraction of sp³-hybridized carbons (Fsp3) is 0.0714. The van der Waals surface area contributed by atoms with Crippen LogP contribution in [-0.4, -0.2) is 11.0 Å². The van der Waals surface area contributed by atoms with Crippen LogP contribution in [0.5, 0.6) is 5.75 Å². The van der Waals surface area contributed by atoms with Crippen LogP contribution in [0.3, 0.4) is 0 Å². The monoisotopic (exact) mass is 263 g/mol. The van der Waals surface area contributed by atoms with E-state index >= 15 is 0 Å². The van der Waals surface area contributed by atoms with Gasteiger partial charge in [-0.15, -0.1) is 0 Å². The molecule has 0 bridgehead atoms. The molecule has 0 saturated carbocycles. The van der Waals surface area contributed by atoms with Crippen molar-refractivity contribution in [2.45, 2.75) is 6.92 Å². The Kier molecular flexibility index (Phi) is 3.46. The maximum atomic E-state index is 13.6. The van der Waals surface area contributed by atoms with Crippen LogP contribution in [0.25, 0.3) is 0 Å². The minimum atomic E-state index is -0.778. The number of hydrogen-bond donors (Lipinski definition) is 2. The second-order valence-corrected chi connectivity index (χ2v) is 4.10. The van der Waals surface area contributed by atoms with Gasteiger partial charge in [-0.2, -0.15) is 0 Å². The number of aromatic hydroxyl groups is 1. The van der Waals surface area contributed by atoms with Crippen molar-refractivity contribution >= 4 is 11.6 Å². The van der Waals surface area contributed by atoms with Gasteiger partial charge in [-0.3, -0.25) is 4.79 Å². The van der Waals surface area contributed by atoms with Crippen LogP contribution >= 0.6 is 0 Å². The summed E-state index contributed by atoms with van der Waals surface area (Å²) in [6.07, 6.45) is 0. The third kappa shape index (κ3) is 2.88. The molecule has 1 amide bonds. The number of aryl methyl sites for hydroxylation is 1. The van der Waals surface area contributed by atoms with Crippen LogP contribution in [0.1, 0.15) is 15.9 Å². The van der Waals surface area contributed by atoms with Gasteiger partial charge < -0.3 is 10.4 Å². The summed E-state index contributed by atoms with van der Waals surface area (Å²) in [5.41, 5.74) is 0.434. The van der Waals surface area contributed by atoms with Gasteiger partial charge in [-0.05, 0) is 42.8 Å². The van der Waals surface area contributed by atoms with Gasteiger partial charge in [0.1, 0.15) is 17.4 Å². The SMILES string of the molecule is Cc1ccc(NC(=O)c2cc(F)ccc2O)c(F)c1. The van der Waals surface area contributed by atoms with Gasteiger partial charge >= 0.3 is 0 Å². The Morgan fingerprint density at radius 3 is 2.58 bits per heavy atom. The molecule has 19 heavy (non-hydrogen) atoms. The van der Waals surface area contributed by atoms with E-state index in [9.17, 15) is 18.7 Å². The van der Waals surface area contributed by atoms with Crippen molar-refractivity contribution in [2.75, 3.05) is 5.32 Å². The number of carbonyl (C=O) groups excluding carboxylic acids is 1. The zero-order chi connectivity index (χ0) is 14.0. The maximum absolute atomic E-state index is 13.6. The molecule has 0 saturated heterocycles. The number of rotatable bonds is 2. The predicted octanol–water partition coefficient (Wildman–Crippen LogP) is 3.23. The summed E-state index contributed by atoms with van der Waals surface area (Å²) in [5.74, 6) is -2.40. The summed E-state index contributed by atoms with van der Waals surface area (Å²) in [4.78, 5) is 11.8. The number of amides is 1. The van der Waals surface area contributed by atoms with Crippen molar-refractivity contribution in [3.8, 4) is 5.75 Å². The number of carbonyl (C=O) groups is 1. The molecule has 0 fully saturated rings. The van der Waals surface area contributed by atoms with Crippen LogP contribution in [0.4, 0.5) is 14.5 Å². The summed E-state index contributed by atoms with van der Waals surface area (Å²) < 4.78 is 26.6. The van der Waals surface area contributed by atoms with E-state index in [4.69, 9.17) is 0 Å². The van der Waals surface area contributed by atoms with E-state index in [2.05, 4.69) is 5.32 Å². The Morgan fingerprint density at radius 2 is 1.89 bits per heavy atom. The Balaban J connectivity index is 2.28. The Labute approximate surface area is 108 Å². The third-order valence-electron chi connectivity index (χ3n) is 2.58. The molecule has 0 heterocycles. The summed E-state index contributed by atoms with van der Waals surface area (Å²) in [7, 11) is 0. The maximum Gasteiger partial charge on any atom is 0.259 e. The number of benzene rings is 2. The van der Waals surface area contributed by atoms with E-state index in [-0.39, 0.29) is 17.0 Å². The Morgan fingerprint density at radius 1 is 1.16 bits per heavy atom. The first kappa shape index (κ1) is 13.0. The van der Waals surface area contributed by atoms with E-state index in [0.717, 1.165) is 18.2 Å². The largest absolute Gasteiger partial charge is 0.507 e. The molecule has 2 N–H and O–H groups in total. The number of nitrogens with one attached hydrogen (secondary N) is 1. The summed E-state index contributed by atoms with van der Waals surface area (Å²) in [6.45, 7) is 1.72. The van der Waals surface area contributed by atoms with Gasteiger partial charge in [0.25, 0.3) is 5.91 Å².